The summed E-state index contributed by atoms with van der Waals surface area (Å²) in [5.41, 5.74) is 18.0. The van der Waals surface area contributed by atoms with Crippen molar-refractivity contribution in [2.24, 2.45) is 0 Å². The van der Waals surface area contributed by atoms with Crippen molar-refractivity contribution < 1.29 is 0 Å². The molecular weight excluding hydrogens is 715 g/mol. The Hall–Kier alpha value is -7.76. The second kappa shape index (κ2) is 12.4. The summed E-state index contributed by atoms with van der Waals surface area (Å²) >= 11 is 0. The fraction of sp³-hybridized carbons (Fsp3) is 0. The lowest BCUT2D eigenvalue weighted by molar-refractivity contribution is 1.23. The van der Waals surface area contributed by atoms with Gasteiger partial charge in [0.2, 0.25) is 0 Å². The van der Waals surface area contributed by atoms with Crippen LogP contribution in [-0.4, -0.2) is 11.1 Å². The van der Waals surface area contributed by atoms with Gasteiger partial charge in [0.1, 0.15) is 0 Å². The van der Waals surface area contributed by atoms with Crippen LogP contribution in [-0.2, 0) is 0 Å². The molecule has 0 radical (unpaired) electrons. The van der Waals surface area contributed by atoms with E-state index >= 15 is 0 Å². The third-order valence-corrected chi connectivity index (χ3v) is 12.6. The smallest absolute Gasteiger partial charge is 0.252 e. The predicted octanol–water partition coefficient (Wildman–Crippen LogP) is 12.4. The highest BCUT2D eigenvalue weighted by atomic mass is 15.2. The highest BCUT2D eigenvalue weighted by Crippen LogP contribution is 2.49. The molecule has 0 spiro atoms. The molecule has 0 N–H and O–H groups in total. The van der Waals surface area contributed by atoms with E-state index in [0.717, 1.165) is 28.4 Å². The molecular formula is C54H35BN4. The van der Waals surface area contributed by atoms with Gasteiger partial charge in [-0.25, -0.2) is 0 Å². The molecule has 0 saturated carbocycles. The molecule has 2 aliphatic rings. The van der Waals surface area contributed by atoms with Crippen LogP contribution in [0.5, 0.6) is 0 Å². The van der Waals surface area contributed by atoms with Crippen molar-refractivity contribution in [3.63, 3.8) is 0 Å². The van der Waals surface area contributed by atoms with E-state index in [0.29, 0.717) is 0 Å². The van der Waals surface area contributed by atoms with E-state index in [2.05, 4.69) is 231 Å². The molecule has 9 aromatic carbocycles. The molecule has 4 nitrogen and oxygen atoms in total. The molecule has 2 aliphatic heterocycles. The van der Waals surface area contributed by atoms with E-state index in [1.807, 2.05) is 0 Å². The molecule has 2 aromatic heterocycles. The summed E-state index contributed by atoms with van der Waals surface area (Å²) in [6, 6.07) is 78.0. The topological polar surface area (TPSA) is 14.1 Å². The number of hydrogen-bond acceptors (Lipinski definition) is 3. The van der Waals surface area contributed by atoms with Crippen molar-refractivity contribution in [1.29, 1.82) is 0 Å². The van der Waals surface area contributed by atoms with Crippen LogP contribution in [0.3, 0.4) is 0 Å². The van der Waals surface area contributed by atoms with Crippen LogP contribution in [0, 0.1) is 0 Å². The average molecular weight is 751 g/mol. The van der Waals surface area contributed by atoms with Gasteiger partial charge in [0, 0.05) is 67.0 Å². The first kappa shape index (κ1) is 32.3. The van der Waals surface area contributed by atoms with Crippen LogP contribution in [0.1, 0.15) is 0 Å². The van der Waals surface area contributed by atoms with Crippen molar-refractivity contribution in [2.75, 3.05) is 14.7 Å². The normalized spacial score (nSPS) is 13.0. The Morgan fingerprint density at radius 2 is 0.864 bits per heavy atom. The molecule has 0 bridgehead atoms. The molecule has 0 amide bonds. The Kier molecular flexibility index (Phi) is 6.78. The first-order valence-corrected chi connectivity index (χ1v) is 20.4. The summed E-state index contributed by atoms with van der Waals surface area (Å²) in [6.07, 6.45) is 0. The van der Waals surface area contributed by atoms with Crippen molar-refractivity contribution >= 4 is 112 Å². The molecule has 0 fully saturated rings. The van der Waals surface area contributed by atoms with E-state index in [1.54, 1.807) is 0 Å². The first-order chi connectivity index (χ1) is 29.3. The highest BCUT2D eigenvalue weighted by molar-refractivity contribution is 7.00. The maximum absolute atomic E-state index is 2.53. The minimum Gasteiger partial charge on any atom is -0.311 e. The summed E-state index contributed by atoms with van der Waals surface area (Å²) in [7, 11) is 0. The van der Waals surface area contributed by atoms with Crippen molar-refractivity contribution in [3.8, 4) is 0 Å². The molecule has 13 rings (SSSR count). The Bertz CT molecular complexity index is 3360. The summed E-state index contributed by atoms with van der Waals surface area (Å²) in [5, 5.41) is 5.16. The first-order valence-electron chi connectivity index (χ1n) is 20.4. The maximum atomic E-state index is 2.53. The SMILES string of the molecule is c1ccc(N(c2ccccc2)c2cc3c4c(c2)N(c2ccccc2)c2cc5c(cc2B4c2ccccc2N3c2ccccc2)c2cccc3c4ccccc4n5c32)cc1. The van der Waals surface area contributed by atoms with Gasteiger partial charge in [0.15, 0.2) is 0 Å². The third kappa shape index (κ3) is 4.55. The Morgan fingerprint density at radius 3 is 1.53 bits per heavy atom. The quantitative estimate of drug-likeness (QED) is 0.163. The van der Waals surface area contributed by atoms with Crippen molar-refractivity contribution in [2.45, 2.75) is 0 Å². The average Bonchev–Trinajstić information content (AvgIpc) is 3.82. The summed E-state index contributed by atoms with van der Waals surface area (Å²) in [4.78, 5) is 7.42. The molecule has 274 valence electrons. The number of nitrogens with zero attached hydrogens (tertiary/aromatic N) is 4. The summed E-state index contributed by atoms with van der Waals surface area (Å²) in [6.45, 7) is -0.0108. The van der Waals surface area contributed by atoms with Gasteiger partial charge in [-0.1, -0.05) is 133 Å². The van der Waals surface area contributed by atoms with E-state index in [4.69, 9.17) is 0 Å². The van der Waals surface area contributed by atoms with Crippen LogP contribution in [0.15, 0.2) is 212 Å². The van der Waals surface area contributed by atoms with Gasteiger partial charge in [0.05, 0.1) is 22.2 Å². The molecule has 0 saturated heterocycles. The van der Waals surface area contributed by atoms with Crippen molar-refractivity contribution in [1.82, 2.24) is 4.40 Å². The maximum Gasteiger partial charge on any atom is 0.252 e. The van der Waals surface area contributed by atoms with Crippen LogP contribution in [0.2, 0.25) is 0 Å². The number of benzene rings is 9. The van der Waals surface area contributed by atoms with Gasteiger partial charge in [-0.3, -0.25) is 0 Å². The van der Waals surface area contributed by atoms with E-state index in [1.165, 1.54) is 77.2 Å². The zero-order valence-corrected chi connectivity index (χ0v) is 32.1. The van der Waals surface area contributed by atoms with Crippen LogP contribution in [0.25, 0.3) is 38.1 Å². The number of para-hydroxylation sites is 7. The highest BCUT2D eigenvalue weighted by Gasteiger charge is 2.44. The van der Waals surface area contributed by atoms with Gasteiger partial charge in [-0.2, -0.15) is 0 Å². The van der Waals surface area contributed by atoms with E-state index in [9.17, 15) is 0 Å². The van der Waals surface area contributed by atoms with Crippen LogP contribution in [0.4, 0.5) is 51.2 Å². The minimum atomic E-state index is -0.0108. The lowest BCUT2D eigenvalue weighted by Gasteiger charge is -2.45. The second-order valence-electron chi connectivity index (χ2n) is 15.7. The van der Waals surface area contributed by atoms with Gasteiger partial charge < -0.3 is 19.1 Å². The molecule has 59 heavy (non-hydrogen) atoms. The molecule has 11 aromatic rings. The third-order valence-electron chi connectivity index (χ3n) is 12.6. The largest absolute Gasteiger partial charge is 0.311 e. The van der Waals surface area contributed by atoms with Crippen molar-refractivity contribution in [3.05, 3.63) is 212 Å². The zero-order valence-electron chi connectivity index (χ0n) is 32.1. The molecule has 4 heterocycles. The van der Waals surface area contributed by atoms with Gasteiger partial charge in [-0.05, 0) is 95.3 Å². The van der Waals surface area contributed by atoms with E-state index in [-0.39, 0.29) is 6.71 Å². The van der Waals surface area contributed by atoms with E-state index < -0.39 is 0 Å². The second-order valence-corrected chi connectivity index (χ2v) is 15.7. The molecule has 0 unspecified atom stereocenters. The molecule has 5 heteroatoms. The molecule has 0 atom stereocenters. The Morgan fingerprint density at radius 1 is 0.339 bits per heavy atom. The Balaban J connectivity index is 1.19. The number of rotatable bonds is 5. The van der Waals surface area contributed by atoms with Gasteiger partial charge >= 0.3 is 0 Å². The standard InChI is InChI=1S/C54H35BN4/c1-5-18-36(19-6-1)56(37-20-7-2-8-21-37)40-32-51-53-52(33-40)58(39-24-11-4-12-25-39)50-35-49-44(43-28-17-27-42-41-26-13-15-30-47(41)59(49)54(42)43)34-46(50)55(53)45-29-14-16-31-48(45)57(51)38-22-9-3-10-23-38/h1-35H. The Labute approximate surface area is 342 Å². The predicted molar refractivity (Wildman–Crippen MR) is 250 cm³/mol. The fourth-order valence-corrected chi connectivity index (χ4v) is 10.3. The van der Waals surface area contributed by atoms with Crippen LogP contribution >= 0.6 is 0 Å². The zero-order chi connectivity index (χ0) is 38.6. The number of aromatic nitrogens is 1. The monoisotopic (exact) mass is 750 g/mol. The lowest BCUT2D eigenvalue weighted by Crippen LogP contribution is -2.61. The lowest BCUT2D eigenvalue weighted by atomic mass is 9.33. The van der Waals surface area contributed by atoms with Gasteiger partial charge in [0.25, 0.3) is 6.71 Å². The van der Waals surface area contributed by atoms with Crippen LogP contribution < -0.4 is 31.1 Å². The number of anilines is 9. The summed E-state index contributed by atoms with van der Waals surface area (Å²) in [5.74, 6) is 0. The minimum absolute atomic E-state index is 0.0108. The summed E-state index contributed by atoms with van der Waals surface area (Å²) < 4.78 is 2.51. The van der Waals surface area contributed by atoms with Gasteiger partial charge in [-0.15, -0.1) is 0 Å². The number of fused-ring (bicyclic) bond motifs is 10. The molecule has 0 aliphatic carbocycles. The fourth-order valence-electron chi connectivity index (χ4n) is 10.3. The number of hydrogen-bond donors (Lipinski definition) is 0.